The number of hydrogen-bond acceptors (Lipinski definition) is 6. The number of nitrogens with zero attached hydrogens (tertiary/aromatic N) is 1. The Balaban J connectivity index is 1.59. The number of ether oxygens (including phenoxy) is 1. The summed E-state index contributed by atoms with van der Waals surface area (Å²) in [5, 5.41) is 20.3. The Morgan fingerprint density at radius 3 is 2.45 bits per heavy atom. The van der Waals surface area contributed by atoms with Gasteiger partial charge in [-0.25, -0.2) is 0 Å². The van der Waals surface area contributed by atoms with Crippen LogP contribution in [0.1, 0.15) is 18.4 Å². The molecule has 192 valence electrons. The van der Waals surface area contributed by atoms with Crippen molar-refractivity contribution in [3.63, 3.8) is 0 Å². The largest absolute Gasteiger partial charge is 0.497 e. The number of benzene rings is 3. The Morgan fingerprint density at radius 1 is 1.03 bits per heavy atom. The molecule has 0 aromatic heterocycles. The fourth-order valence-corrected chi connectivity index (χ4v) is 5.09. The lowest BCUT2D eigenvalue weighted by atomic mass is 9.82. The molecular weight excluding hydrogens is 520 g/mol. The molecule has 0 spiro atoms. The summed E-state index contributed by atoms with van der Waals surface area (Å²) >= 11 is 7.19. The van der Waals surface area contributed by atoms with E-state index in [0.29, 0.717) is 44.0 Å². The number of thioether (sulfide) groups is 1. The zero-order chi connectivity index (χ0) is 27.1. The number of halogens is 1. The minimum Gasteiger partial charge on any atom is -0.497 e. The average molecular weight is 545 g/mol. The molecule has 1 unspecified atom stereocenters. The van der Waals surface area contributed by atoms with Crippen molar-refractivity contribution in [3.8, 4) is 11.8 Å². The molecule has 1 atom stereocenters. The SMILES string of the molecule is COc1cccc(NC(=O)CSC2=C(C#N)C(c3ccccc3)C(C(=O)Nc3ccc(Cl)cc3)=C(C)N2)c1. The number of hydrogen-bond donors (Lipinski definition) is 3. The third kappa shape index (κ3) is 6.38. The number of nitrogens with one attached hydrogen (secondary N) is 3. The second-order valence-corrected chi connectivity index (χ2v) is 9.81. The summed E-state index contributed by atoms with van der Waals surface area (Å²) in [6, 6.07) is 25.6. The number of nitriles is 1. The van der Waals surface area contributed by atoms with Crippen molar-refractivity contribution in [2.75, 3.05) is 23.5 Å². The summed E-state index contributed by atoms with van der Waals surface area (Å²) < 4.78 is 5.20. The van der Waals surface area contributed by atoms with Crippen molar-refractivity contribution in [1.82, 2.24) is 5.32 Å². The number of anilines is 2. The van der Waals surface area contributed by atoms with Gasteiger partial charge in [0.25, 0.3) is 5.91 Å². The first-order valence-electron chi connectivity index (χ1n) is 11.7. The molecule has 2 amide bonds. The standard InChI is InChI=1S/C29H25ClN4O3S/c1-18-26(28(36)34-21-13-11-20(30)12-14-21)27(19-7-4-3-5-8-19)24(16-31)29(32-18)38-17-25(35)33-22-9-6-10-23(15-22)37-2/h3-15,27,32H,17H2,1-2H3,(H,33,35)(H,34,36). The first kappa shape index (κ1) is 26.9. The smallest absolute Gasteiger partial charge is 0.254 e. The topological polar surface area (TPSA) is 103 Å². The maximum absolute atomic E-state index is 13.5. The van der Waals surface area contributed by atoms with Gasteiger partial charge >= 0.3 is 0 Å². The number of methoxy groups -OCH3 is 1. The summed E-state index contributed by atoms with van der Waals surface area (Å²) in [5.74, 6) is -0.488. The molecule has 3 aromatic rings. The Bertz CT molecular complexity index is 1450. The molecule has 1 aliphatic rings. The fraction of sp³-hybridized carbons (Fsp3) is 0.138. The van der Waals surface area contributed by atoms with Crippen molar-refractivity contribution in [2.24, 2.45) is 0 Å². The number of carbonyl (C=O) groups excluding carboxylic acids is 2. The van der Waals surface area contributed by atoms with Crippen LogP contribution in [0.4, 0.5) is 11.4 Å². The highest BCUT2D eigenvalue weighted by atomic mass is 35.5. The Morgan fingerprint density at radius 2 is 1.76 bits per heavy atom. The average Bonchev–Trinajstić information content (AvgIpc) is 2.93. The van der Waals surface area contributed by atoms with Crippen molar-refractivity contribution in [1.29, 1.82) is 5.26 Å². The van der Waals surface area contributed by atoms with Crippen LogP contribution in [0.15, 0.2) is 101 Å². The van der Waals surface area contributed by atoms with E-state index in [1.807, 2.05) is 30.3 Å². The van der Waals surface area contributed by atoms with E-state index in [-0.39, 0.29) is 17.6 Å². The third-order valence-corrected chi connectivity index (χ3v) is 7.10. The Kier molecular flexibility index (Phi) is 8.74. The normalized spacial score (nSPS) is 14.8. The quantitative estimate of drug-likeness (QED) is 0.319. The van der Waals surface area contributed by atoms with E-state index in [9.17, 15) is 14.9 Å². The van der Waals surface area contributed by atoms with E-state index >= 15 is 0 Å². The molecule has 9 heteroatoms. The van der Waals surface area contributed by atoms with Gasteiger partial charge < -0.3 is 20.7 Å². The van der Waals surface area contributed by atoms with Gasteiger partial charge in [-0.2, -0.15) is 5.26 Å². The van der Waals surface area contributed by atoms with Crippen LogP contribution >= 0.6 is 23.4 Å². The molecule has 0 bridgehead atoms. The number of carbonyl (C=O) groups is 2. The van der Waals surface area contributed by atoms with E-state index in [1.54, 1.807) is 62.6 Å². The monoisotopic (exact) mass is 544 g/mol. The van der Waals surface area contributed by atoms with Gasteiger partial charge in [0.1, 0.15) is 5.75 Å². The van der Waals surface area contributed by atoms with Gasteiger partial charge in [-0.05, 0) is 48.9 Å². The van der Waals surface area contributed by atoms with Gasteiger partial charge in [-0.1, -0.05) is 59.8 Å². The third-order valence-electron chi connectivity index (χ3n) is 5.83. The molecular formula is C29H25ClN4O3S. The van der Waals surface area contributed by atoms with Crippen molar-refractivity contribution in [2.45, 2.75) is 12.8 Å². The van der Waals surface area contributed by atoms with Crippen molar-refractivity contribution in [3.05, 3.63) is 111 Å². The molecule has 3 N–H and O–H groups in total. The molecule has 0 fully saturated rings. The molecule has 0 radical (unpaired) electrons. The van der Waals surface area contributed by atoms with E-state index in [4.69, 9.17) is 16.3 Å². The van der Waals surface area contributed by atoms with Gasteiger partial charge in [-0.3, -0.25) is 9.59 Å². The second kappa shape index (κ2) is 12.4. The van der Waals surface area contributed by atoms with E-state index in [1.165, 1.54) is 11.8 Å². The lowest BCUT2D eigenvalue weighted by Gasteiger charge is -2.30. The van der Waals surface area contributed by atoms with Crippen LogP contribution < -0.4 is 20.7 Å². The molecule has 38 heavy (non-hydrogen) atoms. The van der Waals surface area contributed by atoms with Crippen LogP contribution in [0.25, 0.3) is 0 Å². The molecule has 1 aliphatic heterocycles. The first-order valence-corrected chi connectivity index (χ1v) is 13.1. The van der Waals surface area contributed by atoms with Gasteiger partial charge in [0.2, 0.25) is 5.91 Å². The highest BCUT2D eigenvalue weighted by Crippen LogP contribution is 2.41. The summed E-state index contributed by atoms with van der Waals surface area (Å²) in [7, 11) is 1.56. The Labute approximate surface area is 230 Å². The second-order valence-electron chi connectivity index (χ2n) is 8.39. The van der Waals surface area contributed by atoms with Crippen LogP contribution in [-0.2, 0) is 9.59 Å². The van der Waals surface area contributed by atoms with Gasteiger partial charge in [0.05, 0.1) is 35.5 Å². The van der Waals surface area contributed by atoms with E-state index < -0.39 is 5.92 Å². The molecule has 3 aromatic carbocycles. The highest BCUT2D eigenvalue weighted by molar-refractivity contribution is 8.03. The number of dihydropyridines is 1. The predicted octanol–water partition coefficient (Wildman–Crippen LogP) is 6.06. The Hall–Kier alpha value is -4.19. The number of allylic oxidation sites excluding steroid dienone is 2. The summed E-state index contributed by atoms with van der Waals surface area (Å²) in [6.45, 7) is 1.79. The van der Waals surface area contributed by atoms with Crippen LogP contribution in [0.2, 0.25) is 5.02 Å². The molecule has 1 heterocycles. The van der Waals surface area contributed by atoms with Crippen LogP contribution in [0.5, 0.6) is 5.75 Å². The lowest BCUT2D eigenvalue weighted by Crippen LogP contribution is -2.31. The molecule has 0 aliphatic carbocycles. The first-order chi connectivity index (χ1) is 18.4. The maximum Gasteiger partial charge on any atom is 0.254 e. The van der Waals surface area contributed by atoms with Gasteiger partial charge in [0.15, 0.2) is 0 Å². The maximum atomic E-state index is 13.5. The fourth-order valence-electron chi connectivity index (χ4n) is 4.07. The van der Waals surface area contributed by atoms with Gasteiger partial charge in [-0.15, -0.1) is 0 Å². The minimum absolute atomic E-state index is 0.0613. The zero-order valence-electron chi connectivity index (χ0n) is 20.7. The van der Waals surface area contributed by atoms with E-state index in [2.05, 4.69) is 22.0 Å². The molecule has 0 saturated heterocycles. The molecule has 0 saturated carbocycles. The van der Waals surface area contributed by atoms with Crippen molar-refractivity contribution >= 4 is 46.6 Å². The predicted molar refractivity (Wildman–Crippen MR) is 152 cm³/mol. The van der Waals surface area contributed by atoms with Crippen LogP contribution in [0, 0.1) is 11.3 Å². The summed E-state index contributed by atoms with van der Waals surface area (Å²) in [6.07, 6.45) is 0. The minimum atomic E-state index is -0.612. The van der Waals surface area contributed by atoms with Crippen LogP contribution in [0.3, 0.4) is 0 Å². The molecule has 7 nitrogen and oxygen atoms in total. The summed E-state index contributed by atoms with van der Waals surface area (Å²) in [5.41, 5.74) is 3.38. The zero-order valence-corrected chi connectivity index (χ0v) is 22.3. The highest BCUT2D eigenvalue weighted by Gasteiger charge is 2.34. The van der Waals surface area contributed by atoms with Crippen molar-refractivity contribution < 1.29 is 14.3 Å². The molecule has 4 rings (SSSR count). The lowest BCUT2D eigenvalue weighted by molar-refractivity contribution is -0.114. The number of amides is 2. The van der Waals surface area contributed by atoms with Gasteiger partial charge in [0, 0.05) is 33.7 Å². The van der Waals surface area contributed by atoms with Crippen LogP contribution in [-0.4, -0.2) is 24.7 Å². The summed E-state index contributed by atoms with van der Waals surface area (Å²) in [4.78, 5) is 26.2. The number of rotatable bonds is 8. The van der Waals surface area contributed by atoms with E-state index in [0.717, 1.165) is 5.56 Å².